The van der Waals surface area contributed by atoms with Gasteiger partial charge in [0.2, 0.25) is 0 Å². The molecule has 1 aliphatic rings. The summed E-state index contributed by atoms with van der Waals surface area (Å²) in [6.45, 7) is 7.07. The number of fused-ring (bicyclic) bond motifs is 1. The van der Waals surface area contributed by atoms with Crippen LogP contribution in [-0.2, 0) is 0 Å². The highest BCUT2D eigenvalue weighted by molar-refractivity contribution is 7.99. The number of rotatable bonds is 8. The van der Waals surface area contributed by atoms with Gasteiger partial charge in [-0.05, 0) is 44.4 Å². The van der Waals surface area contributed by atoms with E-state index >= 15 is 0 Å². The molecule has 0 radical (unpaired) electrons. The summed E-state index contributed by atoms with van der Waals surface area (Å²) in [6.07, 6.45) is 6.85. The fraction of sp³-hybridized carbons (Fsp3) is 0.529. The van der Waals surface area contributed by atoms with Gasteiger partial charge in [0.15, 0.2) is 0 Å². The highest BCUT2D eigenvalue weighted by Gasteiger charge is 2.27. The van der Waals surface area contributed by atoms with Crippen molar-refractivity contribution < 1.29 is 4.74 Å². The zero-order chi connectivity index (χ0) is 14.2. The van der Waals surface area contributed by atoms with Crippen LogP contribution in [0.15, 0.2) is 41.8 Å². The fourth-order valence-corrected chi connectivity index (χ4v) is 3.54. The molecule has 0 saturated carbocycles. The van der Waals surface area contributed by atoms with E-state index in [2.05, 4.69) is 37.0 Å². The fourth-order valence-electron chi connectivity index (χ4n) is 2.47. The summed E-state index contributed by atoms with van der Waals surface area (Å²) in [6, 6.07) is 8.79. The second-order valence-corrected chi connectivity index (χ2v) is 6.26. The second-order valence-electron chi connectivity index (χ2n) is 5.19. The number of ether oxygens (including phenoxy) is 1. The van der Waals surface area contributed by atoms with Crippen LogP contribution in [0.3, 0.4) is 0 Å². The lowest BCUT2D eigenvalue weighted by Crippen LogP contribution is -2.45. The zero-order valence-electron chi connectivity index (χ0n) is 12.3. The minimum Gasteiger partial charge on any atom is -0.487 e. The average Bonchev–Trinajstić information content (AvgIpc) is 2.50. The molecule has 20 heavy (non-hydrogen) atoms. The van der Waals surface area contributed by atoms with Crippen molar-refractivity contribution >= 4 is 11.8 Å². The predicted octanol–water partition coefficient (Wildman–Crippen LogP) is 4.26. The molecule has 110 valence electrons. The molecule has 0 saturated heterocycles. The van der Waals surface area contributed by atoms with Crippen LogP contribution in [0.5, 0.6) is 5.75 Å². The van der Waals surface area contributed by atoms with Gasteiger partial charge in [0.25, 0.3) is 0 Å². The highest BCUT2D eigenvalue weighted by Crippen LogP contribution is 2.36. The molecule has 0 amide bonds. The van der Waals surface area contributed by atoms with Crippen LogP contribution in [0, 0.1) is 0 Å². The third kappa shape index (κ3) is 4.29. The van der Waals surface area contributed by atoms with Crippen molar-refractivity contribution in [2.45, 2.75) is 49.6 Å². The molecule has 2 rings (SSSR count). The van der Waals surface area contributed by atoms with Crippen LogP contribution in [0.2, 0.25) is 0 Å². The maximum atomic E-state index is 6.21. The van der Waals surface area contributed by atoms with Crippen molar-refractivity contribution in [3.05, 3.63) is 36.9 Å². The van der Waals surface area contributed by atoms with Crippen LogP contribution in [-0.4, -0.2) is 24.4 Å². The number of benzene rings is 1. The first-order valence-electron chi connectivity index (χ1n) is 7.58. The average molecular weight is 291 g/mol. The first-order chi connectivity index (χ1) is 9.85. The largest absolute Gasteiger partial charge is 0.487 e. The number of thioether (sulfide) groups is 1. The monoisotopic (exact) mass is 291 g/mol. The Morgan fingerprint density at radius 2 is 2.35 bits per heavy atom. The molecule has 1 aliphatic heterocycles. The van der Waals surface area contributed by atoms with E-state index in [9.17, 15) is 0 Å². The number of allylic oxidation sites excluding steroid dienone is 1. The first kappa shape index (κ1) is 15.5. The summed E-state index contributed by atoms with van der Waals surface area (Å²) in [7, 11) is 0. The molecule has 0 aromatic heterocycles. The van der Waals surface area contributed by atoms with Gasteiger partial charge in [-0.25, -0.2) is 0 Å². The van der Waals surface area contributed by atoms with Crippen molar-refractivity contribution in [3.63, 3.8) is 0 Å². The maximum absolute atomic E-state index is 6.21. The second kappa shape index (κ2) is 8.38. The Hall–Kier alpha value is -0.930. The molecule has 1 heterocycles. The Labute approximate surface area is 127 Å². The summed E-state index contributed by atoms with van der Waals surface area (Å²) in [4.78, 5) is 1.27. The number of hydrogen-bond acceptors (Lipinski definition) is 3. The molecule has 0 aliphatic carbocycles. The zero-order valence-corrected chi connectivity index (χ0v) is 13.1. The normalized spacial score (nSPS) is 18.9. The van der Waals surface area contributed by atoms with Crippen LogP contribution in [0.4, 0.5) is 0 Å². The molecule has 0 fully saturated rings. The van der Waals surface area contributed by atoms with Gasteiger partial charge in [0.1, 0.15) is 11.9 Å². The summed E-state index contributed by atoms with van der Waals surface area (Å²) >= 11 is 1.91. The lowest BCUT2D eigenvalue weighted by Gasteiger charge is -2.32. The Morgan fingerprint density at radius 1 is 1.50 bits per heavy atom. The molecular formula is C17H25NOS. The van der Waals surface area contributed by atoms with E-state index in [1.165, 1.54) is 11.3 Å². The van der Waals surface area contributed by atoms with Crippen molar-refractivity contribution in [1.82, 2.24) is 5.32 Å². The van der Waals surface area contributed by atoms with E-state index in [0.717, 1.165) is 37.3 Å². The minimum atomic E-state index is 0.270. The number of para-hydroxylation sites is 1. The molecule has 1 aromatic rings. The van der Waals surface area contributed by atoms with Gasteiger partial charge in [0, 0.05) is 16.7 Å². The Morgan fingerprint density at radius 3 is 3.15 bits per heavy atom. The summed E-state index contributed by atoms with van der Waals surface area (Å²) < 4.78 is 6.21. The van der Waals surface area contributed by atoms with Gasteiger partial charge in [-0.2, -0.15) is 0 Å². The number of hydrogen-bond donors (Lipinski definition) is 1. The van der Waals surface area contributed by atoms with Gasteiger partial charge in [0.05, 0.1) is 0 Å². The van der Waals surface area contributed by atoms with E-state index in [1.54, 1.807) is 0 Å². The van der Waals surface area contributed by atoms with Crippen LogP contribution >= 0.6 is 11.8 Å². The molecule has 1 aromatic carbocycles. The predicted molar refractivity (Wildman–Crippen MR) is 87.7 cm³/mol. The van der Waals surface area contributed by atoms with E-state index < -0.39 is 0 Å². The molecule has 2 atom stereocenters. The third-order valence-corrected chi connectivity index (χ3v) is 4.70. The standard InChI is InChI=1S/C17H25NOS/c1-3-5-6-9-14(18-12-4-2)16-13-20-17-11-8-7-10-15(17)19-16/h3,7-8,10-11,14,16,18H,1,4-6,9,12-13H2,2H3. The van der Waals surface area contributed by atoms with Crippen LogP contribution in [0.1, 0.15) is 32.6 Å². The third-order valence-electron chi connectivity index (χ3n) is 3.56. The Bertz CT molecular complexity index is 421. The van der Waals surface area contributed by atoms with Gasteiger partial charge in [-0.1, -0.05) is 25.1 Å². The summed E-state index contributed by atoms with van der Waals surface area (Å²) in [5.41, 5.74) is 0. The maximum Gasteiger partial charge on any atom is 0.133 e. The smallest absolute Gasteiger partial charge is 0.133 e. The summed E-state index contributed by atoms with van der Waals surface area (Å²) in [5, 5.41) is 3.66. The minimum absolute atomic E-state index is 0.270. The van der Waals surface area contributed by atoms with E-state index in [4.69, 9.17) is 4.74 Å². The molecule has 0 bridgehead atoms. The summed E-state index contributed by atoms with van der Waals surface area (Å²) in [5.74, 6) is 2.08. The molecular weight excluding hydrogens is 266 g/mol. The molecule has 1 N–H and O–H groups in total. The molecule has 3 heteroatoms. The van der Waals surface area contributed by atoms with E-state index in [0.29, 0.717) is 6.04 Å². The number of unbranched alkanes of at least 4 members (excludes halogenated alkanes) is 1. The van der Waals surface area contributed by atoms with Crippen LogP contribution in [0.25, 0.3) is 0 Å². The Kier molecular flexibility index (Phi) is 6.48. The quantitative estimate of drug-likeness (QED) is 0.571. The van der Waals surface area contributed by atoms with Gasteiger partial charge < -0.3 is 10.1 Å². The van der Waals surface area contributed by atoms with Crippen molar-refractivity contribution in [2.24, 2.45) is 0 Å². The van der Waals surface area contributed by atoms with Crippen molar-refractivity contribution in [1.29, 1.82) is 0 Å². The van der Waals surface area contributed by atoms with Gasteiger partial charge >= 0.3 is 0 Å². The first-order valence-corrected chi connectivity index (χ1v) is 8.56. The van der Waals surface area contributed by atoms with E-state index in [-0.39, 0.29) is 6.10 Å². The topological polar surface area (TPSA) is 21.3 Å². The lowest BCUT2D eigenvalue weighted by molar-refractivity contribution is 0.159. The van der Waals surface area contributed by atoms with Crippen LogP contribution < -0.4 is 10.1 Å². The van der Waals surface area contributed by atoms with Crippen molar-refractivity contribution in [3.8, 4) is 5.75 Å². The lowest BCUT2D eigenvalue weighted by atomic mass is 10.0. The van der Waals surface area contributed by atoms with Gasteiger partial charge in [-0.15, -0.1) is 18.3 Å². The molecule has 2 unspecified atom stereocenters. The van der Waals surface area contributed by atoms with Crippen molar-refractivity contribution in [2.75, 3.05) is 12.3 Å². The Balaban J connectivity index is 1.96. The molecule has 2 nitrogen and oxygen atoms in total. The highest BCUT2D eigenvalue weighted by atomic mass is 32.2. The number of nitrogens with one attached hydrogen (secondary N) is 1. The van der Waals surface area contributed by atoms with E-state index in [1.807, 2.05) is 23.9 Å². The molecule has 0 spiro atoms. The van der Waals surface area contributed by atoms with Gasteiger partial charge in [-0.3, -0.25) is 0 Å². The SMILES string of the molecule is C=CCCCC(NCCC)C1CSc2ccccc2O1.